The van der Waals surface area contributed by atoms with Gasteiger partial charge in [-0.15, -0.1) is 0 Å². The molecule has 1 aromatic carbocycles. The highest BCUT2D eigenvalue weighted by molar-refractivity contribution is 5.60. The van der Waals surface area contributed by atoms with E-state index in [0.29, 0.717) is 6.61 Å². The first-order chi connectivity index (χ1) is 9.19. The van der Waals surface area contributed by atoms with E-state index in [-0.39, 0.29) is 11.9 Å². The number of nitrogens with zero attached hydrogens (tertiary/aromatic N) is 1. The summed E-state index contributed by atoms with van der Waals surface area (Å²) in [6.45, 7) is 3.65. The third kappa shape index (κ3) is 3.84. The molecule has 19 heavy (non-hydrogen) atoms. The molecule has 1 saturated heterocycles. The number of hydrogen-bond donors (Lipinski definition) is 0. The van der Waals surface area contributed by atoms with E-state index < -0.39 is 6.16 Å². The van der Waals surface area contributed by atoms with Gasteiger partial charge < -0.3 is 14.4 Å². The zero-order valence-corrected chi connectivity index (χ0v) is 11.0. The Labute approximate surface area is 112 Å². The highest BCUT2D eigenvalue weighted by atomic mass is 19.1. The maximum atomic E-state index is 12.8. The van der Waals surface area contributed by atoms with Crippen LogP contribution in [0.4, 0.5) is 14.9 Å². The van der Waals surface area contributed by atoms with E-state index in [1.165, 1.54) is 12.1 Å². The third-order valence-electron chi connectivity index (χ3n) is 3.16. The molecule has 0 aromatic heterocycles. The molecule has 1 fully saturated rings. The lowest BCUT2D eigenvalue weighted by molar-refractivity contribution is 0.0184. The van der Waals surface area contributed by atoms with Crippen LogP contribution in [0, 0.1) is 5.82 Å². The first-order valence-corrected chi connectivity index (χ1v) is 6.53. The van der Waals surface area contributed by atoms with E-state index in [1.807, 2.05) is 0 Å². The summed E-state index contributed by atoms with van der Waals surface area (Å²) >= 11 is 0. The fraction of sp³-hybridized carbons (Fsp3) is 0.500. The average molecular weight is 267 g/mol. The molecule has 104 valence electrons. The van der Waals surface area contributed by atoms with Gasteiger partial charge in [-0.3, -0.25) is 0 Å². The van der Waals surface area contributed by atoms with Gasteiger partial charge in [-0.2, -0.15) is 0 Å². The number of rotatable bonds is 3. The molecule has 0 N–H and O–H groups in total. The SMILES string of the molecule is CCOC(=O)OC1CCN(c2ccc(F)cc2)CC1. The highest BCUT2D eigenvalue weighted by Crippen LogP contribution is 2.21. The maximum absolute atomic E-state index is 12.8. The molecule has 1 heterocycles. The van der Waals surface area contributed by atoms with E-state index in [1.54, 1.807) is 19.1 Å². The average Bonchev–Trinajstić information content (AvgIpc) is 2.41. The summed E-state index contributed by atoms with van der Waals surface area (Å²) < 4.78 is 22.8. The van der Waals surface area contributed by atoms with Gasteiger partial charge in [0.2, 0.25) is 0 Å². The van der Waals surface area contributed by atoms with Crippen molar-refractivity contribution >= 4 is 11.8 Å². The number of carbonyl (C=O) groups is 1. The molecule has 0 radical (unpaired) electrons. The lowest BCUT2D eigenvalue weighted by Crippen LogP contribution is -2.38. The maximum Gasteiger partial charge on any atom is 0.508 e. The van der Waals surface area contributed by atoms with E-state index >= 15 is 0 Å². The van der Waals surface area contributed by atoms with Crippen LogP contribution in [0.25, 0.3) is 0 Å². The van der Waals surface area contributed by atoms with Crippen LogP contribution in [0.3, 0.4) is 0 Å². The van der Waals surface area contributed by atoms with Gasteiger partial charge in [0.1, 0.15) is 11.9 Å². The molecule has 0 aliphatic carbocycles. The summed E-state index contributed by atoms with van der Waals surface area (Å²) in [5.41, 5.74) is 0.996. The van der Waals surface area contributed by atoms with Crippen molar-refractivity contribution in [2.45, 2.75) is 25.9 Å². The van der Waals surface area contributed by atoms with Gasteiger partial charge >= 0.3 is 6.16 Å². The van der Waals surface area contributed by atoms with E-state index in [9.17, 15) is 9.18 Å². The monoisotopic (exact) mass is 267 g/mol. The Kier molecular flexibility index (Phi) is 4.60. The molecule has 1 aromatic rings. The summed E-state index contributed by atoms with van der Waals surface area (Å²) in [5, 5.41) is 0. The molecule has 0 atom stereocenters. The molecule has 0 spiro atoms. The van der Waals surface area contributed by atoms with Gasteiger partial charge in [0.05, 0.1) is 6.61 Å². The summed E-state index contributed by atoms with van der Waals surface area (Å²) in [7, 11) is 0. The van der Waals surface area contributed by atoms with Crippen LogP contribution in [-0.2, 0) is 9.47 Å². The number of piperidine rings is 1. The largest absolute Gasteiger partial charge is 0.508 e. The Morgan fingerprint density at radius 3 is 2.53 bits per heavy atom. The van der Waals surface area contributed by atoms with Crippen molar-refractivity contribution in [3.63, 3.8) is 0 Å². The Balaban J connectivity index is 1.82. The highest BCUT2D eigenvalue weighted by Gasteiger charge is 2.22. The lowest BCUT2D eigenvalue weighted by atomic mass is 10.1. The van der Waals surface area contributed by atoms with Crippen molar-refractivity contribution in [1.82, 2.24) is 0 Å². The Hall–Kier alpha value is -1.78. The smallest absolute Gasteiger partial charge is 0.435 e. The van der Waals surface area contributed by atoms with Crippen molar-refractivity contribution in [3.8, 4) is 0 Å². The topological polar surface area (TPSA) is 38.8 Å². The van der Waals surface area contributed by atoms with E-state index in [2.05, 4.69) is 4.90 Å². The predicted molar refractivity (Wildman–Crippen MR) is 69.7 cm³/mol. The number of anilines is 1. The second-order valence-electron chi connectivity index (χ2n) is 4.46. The van der Waals surface area contributed by atoms with Crippen LogP contribution in [-0.4, -0.2) is 32.0 Å². The molecule has 0 unspecified atom stereocenters. The normalized spacial score (nSPS) is 16.2. The molecular formula is C14H18FNO3. The van der Waals surface area contributed by atoms with Gasteiger partial charge in [-0.25, -0.2) is 9.18 Å². The molecule has 0 amide bonds. The van der Waals surface area contributed by atoms with E-state index in [0.717, 1.165) is 31.6 Å². The quantitative estimate of drug-likeness (QED) is 0.789. The Bertz CT molecular complexity index is 413. The molecular weight excluding hydrogens is 249 g/mol. The van der Waals surface area contributed by atoms with Gasteiger partial charge in [0, 0.05) is 31.6 Å². The van der Waals surface area contributed by atoms with Crippen LogP contribution in [0.15, 0.2) is 24.3 Å². The first-order valence-electron chi connectivity index (χ1n) is 6.53. The number of ether oxygens (including phenoxy) is 2. The third-order valence-corrected chi connectivity index (χ3v) is 3.16. The standard InChI is InChI=1S/C14H18FNO3/c1-2-18-14(17)19-13-7-9-16(10-8-13)12-5-3-11(15)4-6-12/h3-6,13H,2,7-10H2,1H3. The number of hydrogen-bond acceptors (Lipinski definition) is 4. The van der Waals surface area contributed by atoms with Gasteiger partial charge in [0.15, 0.2) is 0 Å². The Morgan fingerprint density at radius 1 is 1.32 bits per heavy atom. The van der Waals surface area contributed by atoms with Gasteiger partial charge in [-0.1, -0.05) is 0 Å². The van der Waals surface area contributed by atoms with Crippen LogP contribution in [0.5, 0.6) is 0 Å². The van der Waals surface area contributed by atoms with Gasteiger partial charge in [0.25, 0.3) is 0 Å². The van der Waals surface area contributed by atoms with Crippen molar-refractivity contribution in [3.05, 3.63) is 30.1 Å². The van der Waals surface area contributed by atoms with Crippen LogP contribution in [0.1, 0.15) is 19.8 Å². The molecule has 0 bridgehead atoms. The zero-order chi connectivity index (χ0) is 13.7. The van der Waals surface area contributed by atoms with Crippen LogP contribution in [0.2, 0.25) is 0 Å². The molecule has 5 heteroatoms. The summed E-state index contributed by atoms with van der Waals surface area (Å²) in [6, 6.07) is 6.44. The second kappa shape index (κ2) is 6.41. The van der Waals surface area contributed by atoms with Crippen molar-refractivity contribution in [1.29, 1.82) is 0 Å². The van der Waals surface area contributed by atoms with Gasteiger partial charge in [-0.05, 0) is 31.2 Å². The minimum Gasteiger partial charge on any atom is -0.435 e. The summed E-state index contributed by atoms with van der Waals surface area (Å²) in [5.74, 6) is -0.232. The summed E-state index contributed by atoms with van der Waals surface area (Å²) in [6.07, 6.45) is 0.838. The van der Waals surface area contributed by atoms with Crippen molar-refractivity contribution in [2.75, 3.05) is 24.6 Å². The second-order valence-corrected chi connectivity index (χ2v) is 4.46. The predicted octanol–water partition coefficient (Wildman–Crippen LogP) is 2.97. The van der Waals surface area contributed by atoms with Crippen LogP contribution < -0.4 is 4.90 Å². The van der Waals surface area contributed by atoms with E-state index in [4.69, 9.17) is 9.47 Å². The zero-order valence-electron chi connectivity index (χ0n) is 11.0. The first kappa shape index (κ1) is 13.6. The van der Waals surface area contributed by atoms with Crippen molar-refractivity contribution < 1.29 is 18.7 Å². The summed E-state index contributed by atoms with van der Waals surface area (Å²) in [4.78, 5) is 13.4. The number of carbonyl (C=O) groups excluding carboxylic acids is 1. The fourth-order valence-corrected chi connectivity index (χ4v) is 2.17. The molecule has 0 saturated carbocycles. The minimum atomic E-state index is -0.595. The molecule has 4 nitrogen and oxygen atoms in total. The molecule has 2 rings (SSSR count). The fourth-order valence-electron chi connectivity index (χ4n) is 2.17. The lowest BCUT2D eigenvalue weighted by Gasteiger charge is -2.33. The van der Waals surface area contributed by atoms with Crippen LogP contribution >= 0.6 is 0 Å². The Morgan fingerprint density at radius 2 is 1.95 bits per heavy atom. The number of halogens is 1. The molecule has 1 aliphatic heterocycles. The number of benzene rings is 1. The minimum absolute atomic E-state index is 0.0873. The molecule has 1 aliphatic rings. The van der Waals surface area contributed by atoms with Crippen molar-refractivity contribution in [2.24, 2.45) is 0 Å².